The molecule has 0 aliphatic heterocycles. The van der Waals surface area contributed by atoms with Crippen molar-refractivity contribution in [2.75, 3.05) is 0 Å². The molecule has 0 fully saturated rings. The molecule has 4 nitrogen and oxygen atoms in total. The van der Waals surface area contributed by atoms with Gasteiger partial charge >= 0.3 is 0 Å². The number of rotatable bonds is 0. The molecule has 4 heteroatoms. The Morgan fingerprint density at radius 1 is 1.10 bits per heavy atom. The van der Waals surface area contributed by atoms with Crippen LogP contribution in [0, 0.1) is 6.92 Å². The van der Waals surface area contributed by atoms with Gasteiger partial charge in [-0.05, 0) is 38.0 Å². The first-order valence-electron chi connectivity index (χ1n) is 7.04. The maximum absolute atomic E-state index is 12.6. The average Bonchev–Trinajstić information content (AvgIpc) is 2.47. The van der Waals surface area contributed by atoms with Crippen molar-refractivity contribution < 1.29 is 9.21 Å². The van der Waals surface area contributed by atoms with Crippen LogP contribution in [0.3, 0.4) is 0 Å². The number of benzene rings is 1. The summed E-state index contributed by atoms with van der Waals surface area (Å²) >= 11 is 0. The third kappa shape index (κ3) is 1.79. The molecule has 0 N–H and O–H groups in total. The lowest BCUT2D eigenvalue weighted by Crippen LogP contribution is -2.14. The first kappa shape index (κ1) is 12.3. The fraction of sp³-hybridized carbons (Fsp3) is 0.235. The highest BCUT2D eigenvalue weighted by molar-refractivity contribution is 6.01. The van der Waals surface area contributed by atoms with E-state index in [-0.39, 0.29) is 11.2 Å². The molecule has 0 spiro atoms. The van der Waals surface area contributed by atoms with Crippen LogP contribution in [0.25, 0.3) is 22.1 Å². The number of carbonyl (C=O) groups excluding carboxylic acids is 1. The number of aryl methyl sites for hydroxylation is 2. The number of Topliss-reactive ketones (excluding diaryl/α,β-unsaturated/α-hetero) is 1. The highest BCUT2D eigenvalue weighted by Gasteiger charge is 2.21. The van der Waals surface area contributed by atoms with Gasteiger partial charge < -0.3 is 4.42 Å². The number of carbonyl (C=O) groups is 1. The molecule has 0 saturated carbocycles. The molecule has 0 amide bonds. The van der Waals surface area contributed by atoms with Crippen molar-refractivity contribution in [2.45, 2.75) is 26.2 Å². The quantitative estimate of drug-likeness (QED) is 0.593. The number of ketones is 1. The van der Waals surface area contributed by atoms with Gasteiger partial charge in [0.1, 0.15) is 5.58 Å². The van der Waals surface area contributed by atoms with Crippen LogP contribution >= 0.6 is 0 Å². The van der Waals surface area contributed by atoms with Crippen molar-refractivity contribution >= 4 is 27.9 Å². The van der Waals surface area contributed by atoms with Crippen molar-refractivity contribution in [1.82, 2.24) is 4.98 Å². The number of hydrogen-bond donors (Lipinski definition) is 0. The zero-order chi connectivity index (χ0) is 14.6. The Morgan fingerprint density at radius 3 is 2.81 bits per heavy atom. The van der Waals surface area contributed by atoms with Crippen molar-refractivity contribution in [1.29, 1.82) is 0 Å². The smallest absolute Gasteiger partial charge is 0.230 e. The van der Waals surface area contributed by atoms with Gasteiger partial charge in [-0.3, -0.25) is 9.59 Å². The van der Waals surface area contributed by atoms with Gasteiger partial charge in [0.15, 0.2) is 5.78 Å². The van der Waals surface area contributed by atoms with E-state index in [9.17, 15) is 9.59 Å². The van der Waals surface area contributed by atoms with Gasteiger partial charge in [0.25, 0.3) is 0 Å². The van der Waals surface area contributed by atoms with Crippen molar-refractivity contribution in [2.24, 2.45) is 0 Å². The lowest BCUT2D eigenvalue weighted by molar-refractivity contribution is 0.0972. The summed E-state index contributed by atoms with van der Waals surface area (Å²) in [4.78, 5) is 29.0. The topological polar surface area (TPSA) is 60.2 Å². The molecule has 1 aliphatic rings. The Morgan fingerprint density at radius 2 is 1.95 bits per heavy atom. The van der Waals surface area contributed by atoms with E-state index in [1.807, 2.05) is 19.1 Å². The lowest BCUT2D eigenvalue weighted by atomic mass is 9.94. The van der Waals surface area contributed by atoms with Crippen LogP contribution in [-0.2, 0) is 6.42 Å². The molecule has 4 rings (SSSR count). The van der Waals surface area contributed by atoms with E-state index < -0.39 is 0 Å². The van der Waals surface area contributed by atoms with Crippen molar-refractivity contribution in [3.63, 3.8) is 0 Å². The number of hydrogen-bond acceptors (Lipinski definition) is 4. The molecule has 21 heavy (non-hydrogen) atoms. The monoisotopic (exact) mass is 279 g/mol. The second-order valence-electron chi connectivity index (χ2n) is 5.54. The standard InChI is InChI=1S/C17H13NO3/c1-9-5-6-15-11(7-9)16(20)12-8-10-13(18-17(12)21-15)3-2-4-14(10)19/h5-8H,2-4H2,1H3. The van der Waals surface area contributed by atoms with Crippen LogP contribution in [0.4, 0.5) is 0 Å². The molecule has 0 saturated heterocycles. The Hall–Kier alpha value is -2.49. The molecule has 0 unspecified atom stereocenters. The van der Waals surface area contributed by atoms with Gasteiger partial charge in [-0.1, -0.05) is 11.6 Å². The van der Waals surface area contributed by atoms with Crippen LogP contribution in [0.2, 0.25) is 0 Å². The third-order valence-corrected chi connectivity index (χ3v) is 4.02. The summed E-state index contributed by atoms with van der Waals surface area (Å²) < 4.78 is 5.76. The second-order valence-corrected chi connectivity index (χ2v) is 5.54. The minimum atomic E-state index is -0.122. The van der Waals surface area contributed by atoms with Crippen LogP contribution in [0.15, 0.2) is 33.5 Å². The largest absolute Gasteiger partial charge is 0.437 e. The molecule has 104 valence electrons. The fourth-order valence-electron chi connectivity index (χ4n) is 2.92. The van der Waals surface area contributed by atoms with Gasteiger partial charge in [-0.15, -0.1) is 0 Å². The second kappa shape index (κ2) is 4.25. The van der Waals surface area contributed by atoms with E-state index in [0.29, 0.717) is 34.1 Å². The van der Waals surface area contributed by atoms with Gasteiger partial charge in [0.05, 0.1) is 16.5 Å². The number of pyridine rings is 1. The summed E-state index contributed by atoms with van der Waals surface area (Å²) in [6, 6.07) is 7.16. The van der Waals surface area contributed by atoms with Gasteiger partial charge in [0, 0.05) is 12.0 Å². The molecular formula is C17H13NO3. The van der Waals surface area contributed by atoms with Crippen LogP contribution in [0.5, 0.6) is 0 Å². The van der Waals surface area contributed by atoms with E-state index >= 15 is 0 Å². The number of nitrogens with zero attached hydrogens (tertiary/aromatic N) is 1. The van der Waals surface area contributed by atoms with Crippen LogP contribution in [0.1, 0.15) is 34.5 Å². The molecule has 2 aromatic heterocycles. The maximum atomic E-state index is 12.6. The van der Waals surface area contributed by atoms with Gasteiger partial charge in [-0.25, -0.2) is 4.98 Å². The first-order valence-corrected chi connectivity index (χ1v) is 7.04. The van der Waals surface area contributed by atoms with E-state index in [1.165, 1.54) is 0 Å². The summed E-state index contributed by atoms with van der Waals surface area (Å²) in [5, 5.41) is 0.926. The molecule has 1 aromatic carbocycles. The SMILES string of the molecule is Cc1ccc2oc3nc4c(cc3c(=O)c2c1)C(=O)CCC4. The van der Waals surface area contributed by atoms with Gasteiger partial charge in [0.2, 0.25) is 11.1 Å². The summed E-state index contributed by atoms with van der Waals surface area (Å²) in [6.45, 7) is 1.93. The minimum absolute atomic E-state index is 0.0642. The molecule has 0 radical (unpaired) electrons. The lowest BCUT2D eigenvalue weighted by Gasteiger charge is -2.13. The van der Waals surface area contributed by atoms with Crippen molar-refractivity contribution in [3.8, 4) is 0 Å². The van der Waals surface area contributed by atoms with E-state index in [0.717, 1.165) is 24.1 Å². The Kier molecular flexibility index (Phi) is 2.48. The highest BCUT2D eigenvalue weighted by atomic mass is 16.3. The van der Waals surface area contributed by atoms with Crippen LogP contribution < -0.4 is 5.43 Å². The Labute approximate surface area is 120 Å². The zero-order valence-corrected chi connectivity index (χ0v) is 11.6. The summed E-state index contributed by atoms with van der Waals surface area (Å²) in [7, 11) is 0. The highest BCUT2D eigenvalue weighted by Crippen LogP contribution is 2.25. The molecular weight excluding hydrogens is 266 g/mol. The van der Waals surface area contributed by atoms with Crippen molar-refractivity contribution in [3.05, 3.63) is 51.3 Å². The predicted octanol–water partition coefficient (Wildman–Crippen LogP) is 3.17. The Balaban J connectivity index is 2.15. The zero-order valence-electron chi connectivity index (χ0n) is 11.6. The normalized spacial score (nSPS) is 14.6. The number of fused-ring (bicyclic) bond motifs is 3. The average molecular weight is 279 g/mol. The summed E-state index contributed by atoms with van der Waals surface area (Å²) in [6.07, 6.45) is 2.09. The third-order valence-electron chi connectivity index (χ3n) is 4.02. The van der Waals surface area contributed by atoms with E-state index in [1.54, 1.807) is 12.1 Å². The summed E-state index contributed by atoms with van der Waals surface area (Å²) in [5.41, 5.74) is 3.05. The minimum Gasteiger partial charge on any atom is -0.437 e. The fourth-order valence-corrected chi connectivity index (χ4v) is 2.92. The van der Waals surface area contributed by atoms with E-state index in [2.05, 4.69) is 4.98 Å². The predicted molar refractivity (Wildman–Crippen MR) is 79.8 cm³/mol. The molecule has 0 bridgehead atoms. The summed E-state index contributed by atoms with van der Waals surface area (Å²) in [5.74, 6) is 0.0642. The number of aromatic nitrogens is 1. The van der Waals surface area contributed by atoms with E-state index in [4.69, 9.17) is 4.42 Å². The van der Waals surface area contributed by atoms with Gasteiger partial charge in [-0.2, -0.15) is 0 Å². The Bertz CT molecular complexity index is 969. The molecule has 1 aliphatic carbocycles. The maximum Gasteiger partial charge on any atom is 0.230 e. The molecule has 0 atom stereocenters. The van der Waals surface area contributed by atoms with Crippen LogP contribution in [-0.4, -0.2) is 10.8 Å². The molecule has 2 heterocycles. The molecule has 3 aromatic rings. The first-order chi connectivity index (χ1) is 10.1.